The topological polar surface area (TPSA) is 49.9 Å². The number of piperidine rings is 1. The lowest BCUT2D eigenvalue weighted by molar-refractivity contribution is -0.134. The van der Waals surface area contributed by atoms with Crippen LogP contribution in [0.1, 0.15) is 56.3 Å². The predicted molar refractivity (Wildman–Crippen MR) is 106 cm³/mol. The summed E-state index contributed by atoms with van der Waals surface area (Å²) < 4.78 is 5.95. The number of hydrogen-bond acceptors (Lipinski definition) is 3. The van der Waals surface area contributed by atoms with Crippen molar-refractivity contribution in [2.45, 2.75) is 46.0 Å². The first-order chi connectivity index (χ1) is 13.0. The first kappa shape index (κ1) is 19.7. The molecule has 0 aromatic heterocycles. The molecule has 0 aliphatic carbocycles. The molecule has 1 aromatic rings. The van der Waals surface area contributed by atoms with Gasteiger partial charge in [-0.25, -0.2) is 0 Å². The second-order valence-corrected chi connectivity index (χ2v) is 8.28. The predicted octanol–water partition coefficient (Wildman–Crippen LogP) is 3.59. The largest absolute Gasteiger partial charge is 0.493 e. The second kappa shape index (κ2) is 9.25. The second-order valence-electron chi connectivity index (χ2n) is 8.28. The molecule has 1 aromatic carbocycles. The number of rotatable bonds is 6. The van der Waals surface area contributed by atoms with Crippen molar-refractivity contribution in [3.8, 4) is 5.75 Å². The summed E-state index contributed by atoms with van der Waals surface area (Å²) >= 11 is 0. The van der Waals surface area contributed by atoms with Gasteiger partial charge >= 0.3 is 0 Å². The van der Waals surface area contributed by atoms with Gasteiger partial charge in [-0.3, -0.25) is 9.59 Å². The standard InChI is InChI=1S/C22H32N2O3/c1-17(2)14-21(25)24-13-5-6-18(15-24)16-27-20-9-7-19(8-10-20)22(26)23-11-3-4-12-23/h7-10,17-18H,3-6,11-16H2,1-2H3. The van der Waals surface area contributed by atoms with Gasteiger partial charge in [0.05, 0.1) is 6.61 Å². The Balaban J connectivity index is 1.48. The van der Waals surface area contributed by atoms with Gasteiger partial charge in [0.1, 0.15) is 5.75 Å². The van der Waals surface area contributed by atoms with Crippen LogP contribution in [0.3, 0.4) is 0 Å². The van der Waals surface area contributed by atoms with E-state index in [0.717, 1.165) is 63.2 Å². The Hall–Kier alpha value is -2.04. The molecule has 2 saturated heterocycles. The molecule has 5 heteroatoms. The van der Waals surface area contributed by atoms with Crippen LogP contribution in [0.2, 0.25) is 0 Å². The molecule has 0 radical (unpaired) electrons. The molecule has 5 nitrogen and oxygen atoms in total. The van der Waals surface area contributed by atoms with E-state index < -0.39 is 0 Å². The summed E-state index contributed by atoms with van der Waals surface area (Å²) in [7, 11) is 0. The number of benzene rings is 1. The molecule has 3 rings (SSSR count). The van der Waals surface area contributed by atoms with E-state index in [4.69, 9.17) is 4.74 Å². The number of likely N-dealkylation sites (tertiary alicyclic amines) is 2. The van der Waals surface area contributed by atoms with Crippen molar-refractivity contribution in [1.29, 1.82) is 0 Å². The number of carbonyl (C=O) groups is 2. The Morgan fingerprint density at radius 1 is 1.04 bits per heavy atom. The smallest absolute Gasteiger partial charge is 0.253 e. The van der Waals surface area contributed by atoms with Crippen LogP contribution in [-0.2, 0) is 4.79 Å². The minimum Gasteiger partial charge on any atom is -0.493 e. The summed E-state index contributed by atoms with van der Waals surface area (Å²) in [5.41, 5.74) is 0.729. The van der Waals surface area contributed by atoms with Crippen molar-refractivity contribution < 1.29 is 14.3 Å². The molecule has 1 atom stereocenters. The third-order valence-electron chi connectivity index (χ3n) is 5.43. The van der Waals surface area contributed by atoms with Crippen LogP contribution in [0.25, 0.3) is 0 Å². The van der Waals surface area contributed by atoms with Crippen molar-refractivity contribution in [2.75, 3.05) is 32.8 Å². The van der Waals surface area contributed by atoms with Gasteiger partial charge in [-0.15, -0.1) is 0 Å². The van der Waals surface area contributed by atoms with Crippen molar-refractivity contribution in [2.24, 2.45) is 11.8 Å². The normalized spacial score (nSPS) is 20.2. The fourth-order valence-corrected chi connectivity index (χ4v) is 3.92. The van der Waals surface area contributed by atoms with Gasteiger partial charge in [0, 0.05) is 44.1 Å². The molecule has 0 spiro atoms. The van der Waals surface area contributed by atoms with E-state index in [-0.39, 0.29) is 11.8 Å². The lowest BCUT2D eigenvalue weighted by Crippen LogP contribution is -2.41. The third kappa shape index (κ3) is 5.47. The molecule has 2 aliphatic heterocycles. The molecule has 2 fully saturated rings. The lowest BCUT2D eigenvalue weighted by Gasteiger charge is -2.33. The van der Waals surface area contributed by atoms with Crippen LogP contribution >= 0.6 is 0 Å². The molecule has 0 N–H and O–H groups in total. The number of hydrogen-bond donors (Lipinski definition) is 0. The first-order valence-corrected chi connectivity index (χ1v) is 10.3. The van der Waals surface area contributed by atoms with Gasteiger partial charge in [0.25, 0.3) is 5.91 Å². The highest BCUT2D eigenvalue weighted by Crippen LogP contribution is 2.21. The van der Waals surface area contributed by atoms with Gasteiger partial charge in [0.15, 0.2) is 0 Å². The van der Waals surface area contributed by atoms with Crippen molar-refractivity contribution in [3.63, 3.8) is 0 Å². The Kier molecular flexibility index (Phi) is 6.75. The Labute approximate surface area is 162 Å². The quantitative estimate of drug-likeness (QED) is 0.767. The molecule has 0 saturated carbocycles. The van der Waals surface area contributed by atoms with Gasteiger partial charge in [-0.1, -0.05) is 13.8 Å². The minimum absolute atomic E-state index is 0.116. The third-order valence-corrected chi connectivity index (χ3v) is 5.43. The van der Waals surface area contributed by atoms with E-state index in [1.54, 1.807) is 0 Å². The van der Waals surface area contributed by atoms with E-state index in [0.29, 0.717) is 24.9 Å². The summed E-state index contributed by atoms with van der Waals surface area (Å²) in [5.74, 6) is 1.94. The fourth-order valence-electron chi connectivity index (χ4n) is 3.92. The van der Waals surface area contributed by atoms with Crippen LogP contribution in [0.5, 0.6) is 5.75 Å². The van der Waals surface area contributed by atoms with E-state index in [2.05, 4.69) is 13.8 Å². The summed E-state index contributed by atoms with van der Waals surface area (Å²) in [6, 6.07) is 7.48. The lowest BCUT2D eigenvalue weighted by atomic mass is 9.98. The molecule has 2 heterocycles. The fraction of sp³-hybridized carbons (Fsp3) is 0.636. The number of nitrogens with zero attached hydrogens (tertiary/aromatic N) is 2. The highest BCUT2D eigenvalue weighted by molar-refractivity contribution is 5.94. The number of carbonyl (C=O) groups excluding carboxylic acids is 2. The van der Waals surface area contributed by atoms with Crippen molar-refractivity contribution >= 4 is 11.8 Å². The first-order valence-electron chi connectivity index (χ1n) is 10.3. The average Bonchev–Trinajstić information content (AvgIpc) is 3.21. The Morgan fingerprint density at radius 3 is 2.37 bits per heavy atom. The maximum Gasteiger partial charge on any atom is 0.253 e. The van der Waals surface area contributed by atoms with Crippen LogP contribution in [0.15, 0.2) is 24.3 Å². The molecular weight excluding hydrogens is 340 g/mol. The van der Waals surface area contributed by atoms with Gasteiger partial charge in [0.2, 0.25) is 5.91 Å². The molecule has 27 heavy (non-hydrogen) atoms. The van der Waals surface area contributed by atoms with E-state index >= 15 is 0 Å². The Bertz CT molecular complexity index is 635. The maximum atomic E-state index is 12.4. The zero-order valence-electron chi connectivity index (χ0n) is 16.7. The van der Waals surface area contributed by atoms with Crippen molar-refractivity contribution in [3.05, 3.63) is 29.8 Å². The van der Waals surface area contributed by atoms with E-state index in [9.17, 15) is 9.59 Å². The Morgan fingerprint density at radius 2 is 1.70 bits per heavy atom. The molecular formula is C22H32N2O3. The van der Waals surface area contributed by atoms with Gasteiger partial charge in [-0.2, -0.15) is 0 Å². The zero-order valence-corrected chi connectivity index (χ0v) is 16.7. The summed E-state index contributed by atoms with van der Waals surface area (Å²) in [6.45, 7) is 8.17. The van der Waals surface area contributed by atoms with E-state index in [1.807, 2.05) is 34.1 Å². The molecule has 2 aliphatic rings. The van der Waals surface area contributed by atoms with Gasteiger partial charge < -0.3 is 14.5 Å². The summed E-state index contributed by atoms with van der Waals surface area (Å²) in [6.07, 6.45) is 4.97. The summed E-state index contributed by atoms with van der Waals surface area (Å²) in [5, 5.41) is 0. The van der Waals surface area contributed by atoms with Crippen LogP contribution in [0, 0.1) is 11.8 Å². The number of ether oxygens (including phenoxy) is 1. The van der Waals surface area contributed by atoms with E-state index in [1.165, 1.54) is 0 Å². The SMILES string of the molecule is CC(C)CC(=O)N1CCCC(COc2ccc(C(=O)N3CCCC3)cc2)C1. The van der Waals surface area contributed by atoms with Crippen LogP contribution in [-0.4, -0.2) is 54.4 Å². The zero-order chi connectivity index (χ0) is 19.2. The highest BCUT2D eigenvalue weighted by Gasteiger charge is 2.24. The van der Waals surface area contributed by atoms with Gasteiger partial charge in [-0.05, 0) is 55.9 Å². The summed E-state index contributed by atoms with van der Waals surface area (Å²) in [4.78, 5) is 28.6. The molecule has 0 bridgehead atoms. The van der Waals surface area contributed by atoms with Crippen molar-refractivity contribution in [1.82, 2.24) is 9.80 Å². The molecule has 2 amide bonds. The van der Waals surface area contributed by atoms with Crippen LogP contribution < -0.4 is 4.74 Å². The number of amides is 2. The van der Waals surface area contributed by atoms with Crippen LogP contribution in [0.4, 0.5) is 0 Å². The highest BCUT2D eigenvalue weighted by atomic mass is 16.5. The maximum absolute atomic E-state index is 12.4. The monoisotopic (exact) mass is 372 g/mol. The molecule has 148 valence electrons. The average molecular weight is 373 g/mol. The minimum atomic E-state index is 0.116. The molecule has 1 unspecified atom stereocenters.